The molecule has 1 fully saturated rings. The van der Waals surface area contributed by atoms with E-state index in [0.29, 0.717) is 13.1 Å². The Bertz CT molecular complexity index is 506. The summed E-state index contributed by atoms with van der Waals surface area (Å²) < 4.78 is 5.37. The molecule has 1 saturated heterocycles. The van der Waals surface area contributed by atoms with Gasteiger partial charge in [0.2, 0.25) is 0 Å². The summed E-state index contributed by atoms with van der Waals surface area (Å²) in [6.45, 7) is 4.15. The third-order valence-corrected chi connectivity index (χ3v) is 4.37. The standard InChI is InChI=1S/C16H22ClNO3/c1-11-5-6-15(21-2)13(8-11)14(17)10-18-7-3-4-12(9-18)16(19)20/h5-6,8,12,14H,3-4,7,9-10H2,1-2H3,(H,19,20). The molecule has 1 aromatic rings. The van der Waals surface area contributed by atoms with E-state index in [2.05, 4.69) is 4.90 Å². The zero-order valence-corrected chi connectivity index (χ0v) is 13.3. The van der Waals surface area contributed by atoms with Crippen molar-refractivity contribution in [1.82, 2.24) is 4.90 Å². The van der Waals surface area contributed by atoms with Crippen molar-refractivity contribution in [3.63, 3.8) is 0 Å². The van der Waals surface area contributed by atoms with Gasteiger partial charge in [0.25, 0.3) is 0 Å². The van der Waals surface area contributed by atoms with Crippen LogP contribution >= 0.6 is 11.6 Å². The van der Waals surface area contributed by atoms with Crippen LogP contribution < -0.4 is 4.74 Å². The van der Waals surface area contributed by atoms with Crippen molar-refractivity contribution < 1.29 is 14.6 Å². The predicted molar refractivity (Wildman–Crippen MR) is 83.1 cm³/mol. The number of nitrogens with zero attached hydrogens (tertiary/aromatic N) is 1. The molecule has 0 amide bonds. The molecule has 2 unspecified atom stereocenters. The third-order valence-electron chi connectivity index (χ3n) is 4.00. The number of carboxylic acids is 1. The highest BCUT2D eigenvalue weighted by atomic mass is 35.5. The lowest BCUT2D eigenvalue weighted by Crippen LogP contribution is -2.40. The number of piperidine rings is 1. The first-order chi connectivity index (χ1) is 10.0. The first-order valence-corrected chi connectivity index (χ1v) is 7.68. The largest absolute Gasteiger partial charge is 0.496 e. The molecule has 2 atom stereocenters. The minimum atomic E-state index is -0.709. The van der Waals surface area contributed by atoms with E-state index in [-0.39, 0.29) is 11.3 Å². The average Bonchev–Trinajstić information content (AvgIpc) is 2.47. The van der Waals surface area contributed by atoms with Crippen LogP contribution in [-0.4, -0.2) is 42.7 Å². The van der Waals surface area contributed by atoms with Crippen LogP contribution in [0.1, 0.15) is 29.3 Å². The van der Waals surface area contributed by atoms with E-state index in [9.17, 15) is 4.79 Å². The first kappa shape index (κ1) is 16.1. The van der Waals surface area contributed by atoms with Gasteiger partial charge >= 0.3 is 5.97 Å². The van der Waals surface area contributed by atoms with Gasteiger partial charge < -0.3 is 14.7 Å². The highest BCUT2D eigenvalue weighted by Gasteiger charge is 2.27. The number of benzene rings is 1. The summed E-state index contributed by atoms with van der Waals surface area (Å²) in [6, 6.07) is 5.96. The molecule has 116 valence electrons. The molecule has 0 saturated carbocycles. The number of carbonyl (C=O) groups is 1. The lowest BCUT2D eigenvalue weighted by atomic mass is 9.97. The van der Waals surface area contributed by atoms with E-state index in [4.69, 9.17) is 21.4 Å². The zero-order chi connectivity index (χ0) is 15.4. The van der Waals surface area contributed by atoms with E-state index in [1.165, 1.54) is 0 Å². The van der Waals surface area contributed by atoms with Crippen LogP contribution in [0.25, 0.3) is 0 Å². The Morgan fingerprint density at radius 1 is 1.57 bits per heavy atom. The zero-order valence-electron chi connectivity index (χ0n) is 12.5. The van der Waals surface area contributed by atoms with E-state index < -0.39 is 5.97 Å². The number of ether oxygens (including phenoxy) is 1. The fourth-order valence-electron chi connectivity index (χ4n) is 2.85. The van der Waals surface area contributed by atoms with Gasteiger partial charge in [0, 0.05) is 18.7 Å². The maximum absolute atomic E-state index is 11.1. The van der Waals surface area contributed by atoms with E-state index in [0.717, 1.165) is 36.3 Å². The van der Waals surface area contributed by atoms with E-state index in [1.807, 2.05) is 25.1 Å². The second kappa shape index (κ2) is 7.14. The van der Waals surface area contributed by atoms with Crippen LogP contribution in [-0.2, 0) is 4.79 Å². The normalized spacial score (nSPS) is 21.0. The van der Waals surface area contributed by atoms with Crippen LogP contribution in [0.2, 0.25) is 0 Å². The molecule has 0 aliphatic carbocycles. The van der Waals surface area contributed by atoms with Gasteiger partial charge in [0.1, 0.15) is 5.75 Å². The van der Waals surface area contributed by atoms with Crippen LogP contribution in [0.15, 0.2) is 18.2 Å². The maximum Gasteiger partial charge on any atom is 0.307 e. The lowest BCUT2D eigenvalue weighted by Gasteiger charge is -2.32. The Balaban J connectivity index is 2.05. The van der Waals surface area contributed by atoms with Crippen molar-refractivity contribution in [2.75, 3.05) is 26.7 Å². The first-order valence-electron chi connectivity index (χ1n) is 7.25. The lowest BCUT2D eigenvalue weighted by molar-refractivity contribution is -0.143. The molecule has 1 N–H and O–H groups in total. The summed E-state index contributed by atoms with van der Waals surface area (Å²) >= 11 is 6.55. The summed E-state index contributed by atoms with van der Waals surface area (Å²) in [7, 11) is 1.64. The van der Waals surface area contributed by atoms with Crippen molar-refractivity contribution in [3.05, 3.63) is 29.3 Å². The van der Waals surface area contributed by atoms with Gasteiger partial charge in [0.05, 0.1) is 18.4 Å². The minimum Gasteiger partial charge on any atom is -0.496 e. The van der Waals surface area contributed by atoms with Crippen molar-refractivity contribution >= 4 is 17.6 Å². The molecule has 1 aliphatic heterocycles. The number of hydrogen-bond donors (Lipinski definition) is 1. The van der Waals surface area contributed by atoms with E-state index in [1.54, 1.807) is 7.11 Å². The van der Waals surface area contributed by atoms with Crippen molar-refractivity contribution in [2.45, 2.75) is 25.1 Å². The Labute approximate surface area is 130 Å². The molecule has 0 bridgehead atoms. The topological polar surface area (TPSA) is 49.8 Å². The van der Waals surface area contributed by atoms with Crippen molar-refractivity contribution in [3.8, 4) is 5.75 Å². The van der Waals surface area contributed by atoms with E-state index >= 15 is 0 Å². The fourth-order valence-corrected chi connectivity index (χ4v) is 3.21. The minimum absolute atomic E-state index is 0.201. The summed E-state index contributed by atoms with van der Waals surface area (Å²) in [6.07, 6.45) is 1.66. The van der Waals surface area contributed by atoms with Crippen LogP contribution in [0.5, 0.6) is 5.75 Å². The smallest absolute Gasteiger partial charge is 0.307 e. The monoisotopic (exact) mass is 311 g/mol. The summed E-state index contributed by atoms with van der Waals surface area (Å²) in [5, 5.41) is 8.94. The molecule has 0 spiro atoms. The summed E-state index contributed by atoms with van der Waals surface area (Å²) in [5.74, 6) is -0.201. The van der Waals surface area contributed by atoms with Gasteiger partial charge in [-0.05, 0) is 32.4 Å². The Morgan fingerprint density at radius 3 is 3.00 bits per heavy atom. The Kier molecular flexibility index (Phi) is 5.48. The molecular formula is C16H22ClNO3. The van der Waals surface area contributed by atoms with Gasteiger partial charge in [0.15, 0.2) is 0 Å². The number of carboxylic acid groups (broad SMARTS) is 1. The highest BCUT2D eigenvalue weighted by molar-refractivity contribution is 6.21. The number of halogens is 1. The Morgan fingerprint density at radius 2 is 2.33 bits per heavy atom. The van der Waals surface area contributed by atoms with Crippen molar-refractivity contribution in [1.29, 1.82) is 0 Å². The molecule has 1 aliphatic rings. The number of rotatable bonds is 5. The second-order valence-electron chi connectivity index (χ2n) is 5.65. The molecule has 2 rings (SSSR count). The fraction of sp³-hybridized carbons (Fsp3) is 0.562. The molecule has 1 heterocycles. The molecule has 0 radical (unpaired) electrons. The molecule has 1 aromatic carbocycles. The number of aliphatic carboxylic acids is 1. The second-order valence-corrected chi connectivity index (χ2v) is 6.18. The summed E-state index contributed by atoms with van der Waals surface area (Å²) in [5.41, 5.74) is 2.11. The van der Waals surface area contributed by atoms with Gasteiger partial charge in [-0.3, -0.25) is 4.79 Å². The van der Waals surface area contributed by atoms with Gasteiger partial charge in [-0.2, -0.15) is 0 Å². The third kappa shape index (κ3) is 4.11. The van der Waals surface area contributed by atoms with Gasteiger partial charge in [-0.1, -0.05) is 17.7 Å². The van der Waals surface area contributed by atoms with Gasteiger partial charge in [-0.25, -0.2) is 0 Å². The average molecular weight is 312 g/mol. The predicted octanol–water partition coefficient (Wildman–Crippen LogP) is 3.08. The van der Waals surface area contributed by atoms with Gasteiger partial charge in [-0.15, -0.1) is 11.6 Å². The number of hydrogen-bond acceptors (Lipinski definition) is 3. The molecule has 5 heteroatoms. The maximum atomic E-state index is 11.1. The molecular weight excluding hydrogens is 290 g/mol. The number of aryl methyl sites for hydroxylation is 1. The summed E-state index contributed by atoms with van der Waals surface area (Å²) in [4.78, 5) is 13.3. The number of likely N-dealkylation sites (tertiary alicyclic amines) is 1. The number of methoxy groups -OCH3 is 1. The van der Waals surface area contributed by atoms with Crippen molar-refractivity contribution in [2.24, 2.45) is 5.92 Å². The number of alkyl halides is 1. The van der Waals surface area contributed by atoms with Crippen LogP contribution in [0, 0.1) is 12.8 Å². The molecule has 4 nitrogen and oxygen atoms in total. The van der Waals surface area contributed by atoms with Crippen LogP contribution in [0.3, 0.4) is 0 Å². The van der Waals surface area contributed by atoms with Crippen LogP contribution in [0.4, 0.5) is 0 Å². The SMILES string of the molecule is COc1ccc(C)cc1C(Cl)CN1CCCC(C(=O)O)C1. The highest BCUT2D eigenvalue weighted by Crippen LogP contribution is 2.32. The molecule has 21 heavy (non-hydrogen) atoms. The quantitative estimate of drug-likeness (QED) is 0.849. The molecule has 0 aromatic heterocycles. The Hall–Kier alpha value is -1.26.